The molecule has 2 heterocycles. The molecule has 4 heteroatoms. The molecule has 2 aromatic carbocycles. The van der Waals surface area contributed by atoms with Gasteiger partial charge in [-0.3, -0.25) is 0 Å². The van der Waals surface area contributed by atoms with Crippen LogP contribution in [0.2, 0.25) is 0 Å². The van der Waals surface area contributed by atoms with Crippen LogP contribution in [0.25, 0.3) is 21.8 Å². The van der Waals surface area contributed by atoms with Crippen molar-refractivity contribution in [1.82, 2.24) is 9.97 Å². The number of ether oxygens (including phenoxy) is 1. The molecule has 0 aliphatic rings. The maximum atomic E-state index is 11.7. The van der Waals surface area contributed by atoms with Crippen LogP contribution in [0.15, 0.2) is 54.9 Å². The van der Waals surface area contributed by atoms with Crippen molar-refractivity contribution in [2.45, 2.75) is 6.42 Å². The standard InChI is InChI=1S/C19H16N2O2/c1-23-19(22)12-6-7-18-16(9-12)14(11-21-18)8-13-10-20-17-5-3-2-4-15(13)17/h2-7,9-11,20-21H,8H2,1H3. The minimum absolute atomic E-state index is 0.314. The molecule has 4 nitrogen and oxygen atoms in total. The van der Waals surface area contributed by atoms with Crippen molar-refractivity contribution in [2.75, 3.05) is 7.11 Å². The normalized spacial score (nSPS) is 11.2. The highest BCUT2D eigenvalue weighted by molar-refractivity contribution is 5.96. The van der Waals surface area contributed by atoms with Crippen LogP contribution in [0, 0.1) is 0 Å². The predicted molar refractivity (Wildman–Crippen MR) is 90.7 cm³/mol. The van der Waals surface area contributed by atoms with Gasteiger partial charge >= 0.3 is 5.97 Å². The van der Waals surface area contributed by atoms with E-state index in [1.165, 1.54) is 18.1 Å². The lowest BCUT2D eigenvalue weighted by Gasteiger charge is -2.02. The van der Waals surface area contributed by atoms with Crippen LogP contribution in [0.3, 0.4) is 0 Å². The fourth-order valence-corrected chi connectivity index (χ4v) is 3.05. The lowest BCUT2D eigenvalue weighted by molar-refractivity contribution is 0.0601. The molecule has 0 bridgehead atoms. The highest BCUT2D eigenvalue weighted by atomic mass is 16.5. The van der Waals surface area contributed by atoms with E-state index in [-0.39, 0.29) is 5.97 Å². The average molecular weight is 304 g/mol. The van der Waals surface area contributed by atoms with Gasteiger partial charge in [-0.15, -0.1) is 0 Å². The number of carbonyl (C=O) groups is 1. The molecule has 4 aromatic rings. The van der Waals surface area contributed by atoms with Crippen LogP contribution < -0.4 is 0 Å². The van der Waals surface area contributed by atoms with Crippen LogP contribution in [0.1, 0.15) is 21.5 Å². The third-order valence-corrected chi connectivity index (χ3v) is 4.24. The number of rotatable bonds is 3. The first-order chi connectivity index (χ1) is 11.3. The molecule has 0 amide bonds. The predicted octanol–water partition coefficient (Wildman–Crippen LogP) is 4.03. The van der Waals surface area contributed by atoms with E-state index in [1.807, 2.05) is 36.7 Å². The molecular weight excluding hydrogens is 288 g/mol. The molecule has 0 unspecified atom stereocenters. The van der Waals surface area contributed by atoms with E-state index >= 15 is 0 Å². The third-order valence-electron chi connectivity index (χ3n) is 4.24. The second-order valence-corrected chi connectivity index (χ2v) is 5.60. The van der Waals surface area contributed by atoms with Gasteiger partial charge < -0.3 is 14.7 Å². The van der Waals surface area contributed by atoms with Gasteiger partial charge in [0, 0.05) is 40.6 Å². The molecule has 0 radical (unpaired) electrons. The zero-order chi connectivity index (χ0) is 15.8. The number of esters is 1. The molecule has 0 aliphatic carbocycles. The molecule has 23 heavy (non-hydrogen) atoms. The van der Waals surface area contributed by atoms with Crippen molar-refractivity contribution < 1.29 is 9.53 Å². The largest absolute Gasteiger partial charge is 0.465 e. The monoisotopic (exact) mass is 304 g/mol. The Morgan fingerprint density at radius 1 is 0.957 bits per heavy atom. The Bertz CT molecular complexity index is 1010. The Balaban J connectivity index is 1.78. The second-order valence-electron chi connectivity index (χ2n) is 5.60. The van der Waals surface area contributed by atoms with Gasteiger partial charge in [0.05, 0.1) is 12.7 Å². The number of fused-ring (bicyclic) bond motifs is 2. The number of H-pyrrole nitrogens is 2. The molecule has 0 fully saturated rings. The molecule has 2 aromatic heterocycles. The molecule has 0 spiro atoms. The van der Waals surface area contributed by atoms with Gasteiger partial charge in [-0.1, -0.05) is 18.2 Å². The third kappa shape index (κ3) is 2.28. The topological polar surface area (TPSA) is 57.9 Å². The van der Waals surface area contributed by atoms with E-state index in [0.29, 0.717) is 5.56 Å². The number of nitrogens with one attached hydrogen (secondary N) is 2. The zero-order valence-electron chi connectivity index (χ0n) is 12.7. The van der Waals surface area contributed by atoms with E-state index in [1.54, 1.807) is 6.07 Å². The Labute approximate surface area is 133 Å². The number of hydrogen-bond acceptors (Lipinski definition) is 2. The summed E-state index contributed by atoms with van der Waals surface area (Å²) in [4.78, 5) is 18.3. The fourth-order valence-electron chi connectivity index (χ4n) is 3.05. The van der Waals surface area contributed by atoms with Crippen molar-refractivity contribution in [3.05, 3.63) is 71.5 Å². The summed E-state index contributed by atoms with van der Waals surface area (Å²) < 4.78 is 4.81. The van der Waals surface area contributed by atoms with Gasteiger partial charge in [0.1, 0.15) is 0 Å². The van der Waals surface area contributed by atoms with Gasteiger partial charge in [0.15, 0.2) is 0 Å². The molecular formula is C19H16N2O2. The molecule has 0 saturated heterocycles. The number of hydrogen-bond donors (Lipinski definition) is 2. The number of aromatic nitrogens is 2. The molecule has 0 aliphatic heterocycles. The van der Waals surface area contributed by atoms with Crippen molar-refractivity contribution in [1.29, 1.82) is 0 Å². The Morgan fingerprint density at radius 2 is 1.65 bits per heavy atom. The number of carbonyl (C=O) groups excluding carboxylic acids is 1. The summed E-state index contributed by atoms with van der Waals surface area (Å²) in [5.74, 6) is -0.314. The first-order valence-corrected chi connectivity index (χ1v) is 7.49. The van der Waals surface area contributed by atoms with E-state index in [0.717, 1.165) is 28.4 Å². The van der Waals surface area contributed by atoms with Crippen molar-refractivity contribution >= 4 is 27.8 Å². The fraction of sp³-hybridized carbons (Fsp3) is 0.105. The summed E-state index contributed by atoms with van der Waals surface area (Å²) in [6.07, 6.45) is 4.86. The van der Waals surface area contributed by atoms with E-state index in [9.17, 15) is 4.79 Å². The van der Waals surface area contributed by atoms with Gasteiger partial charge in [0.2, 0.25) is 0 Å². The van der Waals surface area contributed by atoms with E-state index in [4.69, 9.17) is 4.74 Å². The lowest BCUT2D eigenvalue weighted by Crippen LogP contribution is -2.00. The first-order valence-electron chi connectivity index (χ1n) is 7.49. The minimum atomic E-state index is -0.314. The van der Waals surface area contributed by atoms with Crippen molar-refractivity contribution in [3.8, 4) is 0 Å². The molecule has 4 rings (SSSR count). The summed E-state index contributed by atoms with van der Waals surface area (Å²) >= 11 is 0. The van der Waals surface area contributed by atoms with Crippen LogP contribution in [0.4, 0.5) is 0 Å². The minimum Gasteiger partial charge on any atom is -0.465 e. The summed E-state index contributed by atoms with van der Waals surface area (Å²) in [6, 6.07) is 13.9. The maximum Gasteiger partial charge on any atom is 0.337 e. The van der Waals surface area contributed by atoms with Gasteiger partial charge in [-0.05, 0) is 35.4 Å². The summed E-state index contributed by atoms with van der Waals surface area (Å²) in [5, 5.41) is 2.28. The first kappa shape index (κ1) is 13.6. The number of aromatic amines is 2. The highest BCUT2D eigenvalue weighted by Crippen LogP contribution is 2.26. The maximum absolute atomic E-state index is 11.7. The highest BCUT2D eigenvalue weighted by Gasteiger charge is 2.11. The van der Waals surface area contributed by atoms with E-state index < -0.39 is 0 Å². The Hall–Kier alpha value is -3.01. The Morgan fingerprint density at radius 3 is 2.43 bits per heavy atom. The number of para-hydroxylation sites is 1. The molecule has 0 saturated carbocycles. The number of benzene rings is 2. The Kier molecular flexibility index (Phi) is 3.15. The molecule has 114 valence electrons. The molecule has 2 N–H and O–H groups in total. The number of methoxy groups -OCH3 is 1. The lowest BCUT2D eigenvalue weighted by atomic mass is 10.0. The van der Waals surface area contributed by atoms with Crippen molar-refractivity contribution in [2.24, 2.45) is 0 Å². The van der Waals surface area contributed by atoms with Gasteiger partial charge in [-0.25, -0.2) is 4.79 Å². The van der Waals surface area contributed by atoms with Crippen LogP contribution in [0.5, 0.6) is 0 Å². The van der Waals surface area contributed by atoms with Crippen LogP contribution >= 0.6 is 0 Å². The summed E-state index contributed by atoms with van der Waals surface area (Å²) in [6.45, 7) is 0. The smallest absolute Gasteiger partial charge is 0.337 e. The molecule has 0 atom stereocenters. The SMILES string of the molecule is COC(=O)c1ccc2[nH]cc(Cc3c[nH]c4ccccc34)c2c1. The van der Waals surface area contributed by atoms with Gasteiger partial charge in [-0.2, -0.15) is 0 Å². The van der Waals surface area contributed by atoms with E-state index in [2.05, 4.69) is 22.1 Å². The summed E-state index contributed by atoms with van der Waals surface area (Å²) in [5.41, 5.74) is 5.13. The zero-order valence-corrected chi connectivity index (χ0v) is 12.7. The quantitative estimate of drug-likeness (QED) is 0.561. The summed E-state index contributed by atoms with van der Waals surface area (Å²) in [7, 11) is 1.40. The second kappa shape index (κ2) is 5.32. The van der Waals surface area contributed by atoms with Crippen LogP contribution in [-0.4, -0.2) is 23.0 Å². The average Bonchev–Trinajstić information content (AvgIpc) is 3.19. The van der Waals surface area contributed by atoms with Crippen LogP contribution in [-0.2, 0) is 11.2 Å². The van der Waals surface area contributed by atoms with Gasteiger partial charge in [0.25, 0.3) is 0 Å². The van der Waals surface area contributed by atoms with Crippen molar-refractivity contribution in [3.63, 3.8) is 0 Å².